The number of amides is 1. The number of carbonyl (C=O) groups excluding carboxylic acids is 1. The average Bonchev–Trinajstić information content (AvgIpc) is 3.04. The molecule has 0 spiro atoms. The number of hydrogen-bond acceptors (Lipinski definition) is 4. The Balaban J connectivity index is 1.34. The van der Waals surface area contributed by atoms with Crippen LogP contribution < -0.4 is 5.32 Å². The molecule has 25 heavy (non-hydrogen) atoms. The van der Waals surface area contributed by atoms with Crippen LogP contribution in [0.15, 0.2) is 46.2 Å². The number of aromatic nitrogens is 1. The molecular formula is C19H17ClN2O2S. The smallest absolute Gasteiger partial charge is 0.224 e. The molecule has 0 bridgehead atoms. The van der Waals surface area contributed by atoms with Gasteiger partial charge in [0.15, 0.2) is 5.76 Å². The van der Waals surface area contributed by atoms with Crippen molar-refractivity contribution < 1.29 is 9.21 Å². The summed E-state index contributed by atoms with van der Waals surface area (Å²) in [7, 11) is 0. The summed E-state index contributed by atoms with van der Waals surface area (Å²) in [5.74, 6) is 1.72. The maximum absolute atomic E-state index is 12.3. The highest BCUT2D eigenvalue weighted by molar-refractivity contribution is 7.09. The van der Waals surface area contributed by atoms with Gasteiger partial charge in [0.1, 0.15) is 11.5 Å². The van der Waals surface area contributed by atoms with Crippen LogP contribution in [0, 0.1) is 12.8 Å². The average molecular weight is 373 g/mol. The van der Waals surface area contributed by atoms with Crippen molar-refractivity contribution >= 4 is 28.8 Å². The van der Waals surface area contributed by atoms with Gasteiger partial charge in [-0.2, -0.15) is 0 Å². The first-order valence-corrected chi connectivity index (χ1v) is 9.41. The van der Waals surface area contributed by atoms with Gasteiger partial charge in [0.2, 0.25) is 5.91 Å². The Morgan fingerprint density at radius 2 is 2.20 bits per heavy atom. The molecule has 0 radical (unpaired) electrons. The summed E-state index contributed by atoms with van der Waals surface area (Å²) < 4.78 is 5.77. The van der Waals surface area contributed by atoms with E-state index in [4.69, 9.17) is 16.0 Å². The molecule has 4 rings (SSSR count). The van der Waals surface area contributed by atoms with Crippen LogP contribution >= 0.6 is 22.9 Å². The maximum atomic E-state index is 12.3. The lowest BCUT2D eigenvalue weighted by Crippen LogP contribution is -2.24. The fourth-order valence-electron chi connectivity index (χ4n) is 3.00. The summed E-state index contributed by atoms with van der Waals surface area (Å²) in [4.78, 5) is 16.8. The highest BCUT2D eigenvalue weighted by atomic mass is 35.5. The highest BCUT2D eigenvalue weighted by Gasteiger charge is 2.44. The molecule has 2 aromatic heterocycles. The zero-order valence-electron chi connectivity index (χ0n) is 13.7. The SMILES string of the molecule is Cc1nc(-c2ccc(CNC(=O)[C@@H]3C[C@@H]3c3ccccc3Cl)o2)cs1. The van der Waals surface area contributed by atoms with Crippen LogP contribution in [-0.2, 0) is 11.3 Å². The van der Waals surface area contributed by atoms with E-state index in [1.54, 1.807) is 11.3 Å². The largest absolute Gasteiger partial charge is 0.458 e. The van der Waals surface area contributed by atoms with Crippen molar-refractivity contribution in [1.29, 1.82) is 0 Å². The zero-order chi connectivity index (χ0) is 17.4. The van der Waals surface area contributed by atoms with E-state index in [0.717, 1.165) is 39.2 Å². The van der Waals surface area contributed by atoms with Crippen LogP contribution in [0.1, 0.15) is 28.7 Å². The molecule has 0 saturated heterocycles. The van der Waals surface area contributed by atoms with Gasteiger partial charge in [-0.05, 0) is 43.0 Å². The second-order valence-corrected chi connectivity index (χ2v) is 7.68. The van der Waals surface area contributed by atoms with Crippen molar-refractivity contribution in [2.45, 2.75) is 25.8 Å². The van der Waals surface area contributed by atoms with E-state index in [-0.39, 0.29) is 17.7 Å². The third-order valence-corrected chi connectivity index (χ3v) is 5.52. The summed E-state index contributed by atoms with van der Waals surface area (Å²) in [6.07, 6.45) is 0.844. The molecule has 1 aromatic carbocycles. The molecule has 1 N–H and O–H groups in total. The molecule has 1 aliphatic rings. The van der Waals surface area contributed by atoms with Crippen molar-refractivity contribution in [2.24, 2.45) is 5.92 Å². The van der Waals surface area contributed by atoms with Gasteiger partial charge in [-0.3, -0.25) is 4.79 Å². The molecule has 1 saturated carbocycles. The van der Waals surface area contributed by atoms with E-state index in [1.807, 2.05) is 48.7 Å². The van der Waals surface area contributed by atoms with E-state index >= 15 is 0 Å². The number of rotatable bonds is 5. The molecule has 1 aliphatic carbocycles. The summed E-state index contributed by atoms with van der Waals surface area (Å²) in [6.45, 7) is 2.34. The standard InChI is InChI=1S/C19H17ClN2O2S/c1-11-22-17(10-25-11)18-7-6-12(24-18)9-21-19(23)15-8-14(15)13-4-2-3-5-16(13)20/h2-7,10,14-15H,8-9H2,1H3,(H,21,23)/t14-,15-/m1/s1. The molecular weight excluding hydrogens is 356 g/mol. The van der Waals surface area contributed by atoms with Gasteiger partial charge in [0, 0.05) is 16.3 Å². The number of aryl methyl sites for hydroxylation is 1. The van der Waals surface area contributed by atoms with Crippen LogP contribution in [0.25, 0.3) is 11.5 Å². The maximum Gasteiger partial charge on any atom is 0.224 e. The fraction of sp³-hybridized carbons (Fsp3) is 0.263. The fourth-order valence-corrected chi connectivity index (χ4v) is 3.87. The van der Waals surface area contributed by atoms with Crippen molar-refractivity contribution in [3.05, 3.63) is 63.1 Å². The second-order valence-electron chi connectivity index (χ2n) is 6.21. The Hall–Kier alpha value is -2.11. The zero-order valence-corrected chi connectivity index (χ0v) is 15.2. The van der Waals surface area contributed by atoms with Crippen molar-refractivity contribution in [3.8, 4) is 11.5 Å². The van der Waals surface area contributed by atoms with Crippen LogP contribution in [-0.4, -0.2) is 10.9 Å². The van der Waals surface area contributed by atoms with Crippen molar-refractivity contribution in [2.75, 3.05) is 0 Å². The van der Waals surface area contributed by atoms with E-state index in [2.05, 4.69) is 10.3 Å². The van der Waals surface area contributed by atoms with E-state index < -0.39 is 0 Å². The van der Waals surface area contributed by atoms with Crippen molar-refractivity contribution in [3.63, 3.8) is 0 Å². The van der Waals surface area contributed by atoms with Gasteiger partial charge in [0.05, 0.1) is 11.6 Å². The lowest BCUT2D eigenvalue weighted by atomic mass is 10.1. The number of hydrogen-bond donors (Lipinski definition) is 1. The lowest BCUT2D eigenvalue weighted by Gasteiger charge is -2.04. The van der Waals surface area contributed by atoms with Crippen LogP contribution in [0.3, 0.4) is 0 Å². The monoisotopic (exact) mass is 372 g/mol. The normalized spacial score (nSPS) is 19.0. The molecule has 0 aliphatic heterocycles. The molecule has 2 atom stereocenters. The number of benzene rings is 1. The molecule has 0 unspecified atom stereocenters. The number of furan rings is 1. The topological polar surface area (TPSA) is 55.1 Å². The predicted molar refractivity (Wildman–Crippen MR) is 98.7 cm³/mol. The third-order valence-electron chi connectivity index (χ3n) is 4.40. The van der Waals surface area contributed by atoms with Gasteiger partial charge in [-0.25, -0.2) is 4.98 Å². The number of halogens is 1. The molecule has 6 heteroatoms. The Kier molecular flexibility index (Phi) is 4.36. The number of nitrogens with zero attached hydrogens (tertiary/aromatic N) is 1. The summed E-state index contributed by atoms with van der Waals surface area (Å²) in [5, 5.41) is 6.66. The minimum Gasteiger partial charge on any atom is -0.458 e. The van der Waals surface area contributed by atoms with Gasteiger partial charge in [-0.1, -0.05) is 29.8 Å². The molecule has 2 heterocycles. The van der Waals surface area contributed by atoms with Gasteiger partial charge in [-0.15, -0.1) is 11.3 Å². The highest BCUT2D eigenvalue weighted by Crippen LogP contribution is 2.49. The molecule has 1 amide bonds. The second kappa shape index (κ2) is 6.65. The third kappa shape index (κ3) is 3.48. The van der Waals surface area contributed by atoms with Gasteiger partial charge >= 0.3 is 0 Å². The van der Waals surface area contributed by atoms with Crippen LogP contribution in [0.5, 0.6) is 0 Å². The Labute approximate surface area is 154 Å². The van der Waals surface area contributed by atoms with Gasteiger partial charge < -0.3 is 9.73 Å². The Bertz CT molecular complexity index is 918. The summed E-state index contributed by atoms with van der Waals surface area (Å²) in [6, 6.07) is 11.5. The van der Waals surface area contributed by atoms with Crippen molar-refractivity contribution in [1.82, 2.24) is 10.3 Å². The van der Waals surface area contributed by atoms with E-state index in [9.17, 15) is 4.79 Å². The molecule has 4 nitrogen and oxygen atoms in total. The Morgan fingerprint density at radius 1 is 1.36 bits per heavy atom. The molecule has 1 fully saturated rings. The summed E-state index contributed by atoms with van der Waals surface area (Å²) in [5.41, 5.74) is 1.89. The first-order chi connectivity index (χ1) is 12.1. The first kappa shape index (κ1) is 16.4. The quantitative estimate of drug-likeness (QED) is 0.700. The predicted octanol–water partition coefficient (Wildman–Crippen LogP) is 4.78. The number of nitrogens with one attached hydrogen (secondary N) is 1. The molecule has 128 valence electrons. The van der Waals surface area contributed by atoms with Crippen LogP contribution in [0.2, 0.25) is 5.02 Å². The molecule has 3 aromatic rings. The number of thiazole rings is 1. The minimum absolute atomic E-state index is 0.00415. The lowest BCUT2D eigenvalue weighted by molar-refractivity contribution is -0.122. The summed E-state index contributed by atoms with van der Waals surface area (Å²) >= 11 is 7.80. The van der Waals surface area contributed by atoms with Gasteiger partial charge in [0.25, 0.3) is 0 Å². The number of carbonyl (C=O) groups is 1. The van der Waals surface area contributed by atoms with Crippen LogP contribution in [0.4, 0.5) is 0 Å². The Morgan fingerprint density at radius 3 is 2.96 bits per heavy atom. The first-order valence-electron chi connectivity index (χ1n) is 8.15. The van der Waals surface area contributed by atoms with E-state index in [1.165, 1.54) is 0 Å². The minimum atomic E-state index is -0.00415. The van der Waals surface area contributed by atoms with E-state index in [0.29, 0.717) is 6.54 Å².